The van der Waals surface area contributed by atoms with E-state index in [4.69, 9.17) is 16.3 Å². The number of rotatable bonds is 5. The molecule has 0 aliphatic carbocycles. The van der Waals surface area contributed by atoms with Gasteiger partial charge in [-0.3, -0.25) is 0 Å². The SMILES string of the molecule is Cc1cc(OCC(O)Cn2cnc3ccccc32)ccc1Cl. The van der Waals surface area contributed by atoms with Crippen LogP contribution in [0, 0.1) is 6.92 Å². The fourth-order valence-electron chi connectivity index (χ4n) is 2.33. The van der Waals surface area contributed by atoms with Gasteiger partial charge in [-0.2, -0.15) is 0 Å². The van der Waals surface area contributed by atoms with Gasteiger partial charge in [0.2, 0.25) is 0 Å². The number of hydrogen-bond donors (Lipinski definition) is 1. The molecule has 0 amide bonds. The van der Waals surface area contributed by atoms with E-state index in [1.54, 1.807) is 18.5 Å². The van der Waals surface area contributed by atoms with Crippen molar-refractivity contribution in [3.05, 3.63) is 59.4 Å². The lowest BCUT2D eigenvalue weighted by Gasteiger charge is -2.14. The first-order valence-corrected chi connectivity index (χ1v) is 7.48. The minimum atomic E-state index is -0.617. The summed E-state index contributed by atoms with van der Waals surface area (Å²) in [5.74, 6) is 0.705. The number of aryl methyl sites for hydroxylation is 1. The summed E-state index contributed by atoms with van der Waals surface area (Å²) in [5, 5.41) is 10.9. The maximum Gasteiger partial charge on any atom is 0.119 e. The second-order valence-electron chi connectivity index (χ2n) is 5.26. The van der Waals surface area contributed by atoms with E-state index in [-0.39, 0.29) is 6.61 Å². The molecular weight excluding hydrogens is 300 g/mol. The average molecular weight is 317 g/mol. The van der Waals surface area contributed by atoms with Gasteiger partial charge in [0.1, 0.15) is 18.5 Å². The van der Waals surface area contributed by atoms with Gasteiger partial charge in [-0.05, 0) is 42.8 Å². The molecule has 3 rings (SSSR count). The lowest BCUT2D eigenvalue weighted by Crippen LogP contribution is -2.23. The predicted molar refractivity (Wildman–Crippen MR) is 87.4 cm³/mol. The first-order chi connectivity index (χ1) is 10.6. The molecule has 0 saturated carbocycles. The number of aliphatic hydroxyl groups excluding tert-OH is 1. The summed E-state index contributed by atoms with van der Waals surface area (Å²) in [6.45, 7) is 2.57. The maximum absolute atomic E-state index is 10.2. The van der Waals surface area contributed by atoms with Crippen LogP contribution in [0.4, 0.5) is 0 Å². The summed E-state index contributed by atoms with van der Waals surface area (Å²) in [6.07, 6.45) is 1.12. The van der Waals surface area contributed by atoms with Crippen LogP contribution in [0.1, 0.15) is 5.56 Å². The van der Waals surface area contributed by atoms with Crippen LogP contribution < -0.4 is 4.74 Å². The molecule has 5 heteroatoms. The van der Waals surface area contributed by atoms with E-state index >= 15 is 0 Å². The number of imidazole rings is 1. The number of aliphatic hydroxyl groups is 1. The molecule has 0 aliphatic heterocycles. The first-order valence-electron chi connectivity index (χ1n) is 7.10. The largest absolute Gasteiger partial charge is 0.491 e. The van der Waals surface area contributed by atoms with Gasteiger partial charge in [0.25, 0.3) is 0 Å². The van der Waals surface area contributed by atoms with Crippen LogP contribution in [0.2, 0.25) is 5.02 Å². The Hall–Kier alpha value is -2.04. The van der Waals surface area contributed by atoms with E-state index in [2.05, 4.69) is 4.98 Å². The smallest absolute Gasteiger partial charge is 0.119 e. The number of halogens is 1. The third-order valence-electron chi connectivity index (χ3n) is 3.51. The van der Waals surface area contributed by atoms with Crippen molar-refractivity contribution in [2.45, 2.75) is 19.6 Å². The van der Waals surface area contributed by atoms with Crippen molar-refractivity contribution < 1.29 is 9.84 Å². The fraction of sp³-hybridized carbons (Fsp3) is 0.235. The topological polar surface area (TPSA) is 47.3 Å². The van der Waals surface area contributed by atoms with Crippen LogP contribution in [0.3, 0.4) is 0 Å². The molecular formula is C17H17ClN2O2. The van der Waals surface area contributed by atoms with Gasteiger partial charge in [0.05, 0.1) is 23.9 Å². The minimum absolute atomic E-state index is 0.216. The number of ether oxygens (including phenoxy) is 1. The van der Waals surface area contributed by atoms with Crippen molar-refractivity contribution in [2.75, 3.05) is 6.61 Å². The van der Waals surface area contributed by atoms with Crippen molar-refractivity contribution in [2.24, 2.45) is 0 Å². The Morgan fingerprint density at radius 2 is 2.09 bits per heavy atom. The summed E-state index contributed by atoms with van der Waals surface area (Å²) in [5.41, 5.74) is 2.88. The van der Waals surface area contributed by atoms with E-state index in [1.807, 2.05) is 41.8 Å². The zero-order valence-corrected chi connectivity index (χ0v) is 13.0. The normalized spacial score (nSPS) is 12.5. The zero-order valence-electron chi connectivity index (χ0n) is 12.2. The summed E-state index contributed by atoms with van der Waals surface area (Å²) in [7, 11) is 0. The molecule has 0 saturated heterocycles. The lowest BCUT2D eigenvalue weighted by molar-refractivity contribution is 0.0934. The number of nitrogens with zero attached hydrogens (tertiary/aromatic N) is 2. The van der Waals surface area contributed by atoms with Crippen molar-refractivity contribution in [3.8, 4) is 5.75 Å². The molecule has 3 aromatic rings. The Balaban J connectivity index is 1.62. The second kappa shape index (κ2) is 6.38. The highest BCUT2D eigenvalue weighted by atomic mass is 35.5. The van der Waals surface area contributed by atoms with E-state index in [0.29, 0.717) is 17.3 Å². The Bertz CT molecular complexity index is 785. The summed E-state index contributed by atoms with van der Waals surface area (Å²) >= 11 is 5.98. The molecule has 1 atom stereocenters. The molecule has 114 valence electrons. The molecule has 0 fully saturated rings. The molecule has 0 spiro atoms. The summed E-state index contributed by atoms with van der Waals surface area (Å²) in [6, 6.07) is 13.3. The summed E-state index contributed by atoms with van der Waals surface area (Å²) in [4.78, 5) is 4.31. The van der Waals surface area contributed by atoms with Crippen molar-refractivity contribution in [3.63, 3.8) is 0 Å². The van der Waals surface area contributed by atoms with Crippen LogP contribution in [0.5, 0.6) is 5.75 Å². The van der Waals surface area contributed by atoms with Gasteiger partial charge in [0, 0.05) is 5.02 Å². The standard InChI is InChI=1S/C17H17ClN2O2/c1-12-8-14(6-7-15(12)18)22-10-13(21)9-20-11-19-16-4-2-3-5-17(16)20/h2-8,11,13,21H,9-10H2,1H3. The number of benzene rings is 2. The lowest BCUT2D eigenvalue weighted by atomic mass is 10.2. The molecule has 1 unspecified atom stereocenters. The highest BCUT2D eigenvalue weighted by Gasteiger charge is 2.09. The zero-order chi connectivity index (χ0) is 15.5. The van der Waals surface area contributed by atoms with Crippen molar-refractivity contribution in [1.82, 2.24) is 9.55 Å². The van der Waals surface area contributed by atoms with Crippen molar-refractivity contribution in [1.29, 1.82) is 0 Å². The van der Waals surface area contributed by atoms with E-state index < -0.39 is 6.10 Å². The Morgan fingerprint density at radius 3 is 2.91 bits per heavy atom. The molecule has 0 aliphatic rings. The number of para-hydroxylation sites is 2. The second-order valence-corrected chi connectivity index (χ2v) is 5.67. The quantitative estimate of drug-likeness (QED) is 0.784. The molecule has 2 aromatic carbocycles. The third-order valence-corrected chi connectivity index (χ3v) is 3.93. The van der Waals surface area contributed by atoms with E-state index in [0.717, 1.165) is 16.6 Å². The Morgan fingerprint density at radius 1 is 1.27 bits per heavy atom. The minimum Gasteiger partial charge on any atom is -0.491 e. The molecule has 1 aromatic heterocycles. The van der Waals surface area contributed by atoms with Gasteiger partial charge in [-0.15, -0.1) is 0 Å². The van der Waals surface area contributed by atoms with Crippen LogP contribution in [0.25, 0.3) is 11.0 Å². The van der Waals surface area contributed by atoms with E-state index in [9.17, 15) is 5.11 Å². The monoisotopic (exact) mass is 316 g/mol. The number of fused-ring (bicyclic) bond motifs is 1. The van der Waals surface area contributed by atoms with Gasteiger partial charge in [-0.25, -0.2) is 4.98 Å². The molecule has 1 heterocycles. The van der Waals surface area contributed by atoms with Gasteiger partial charge in [-0.1, -0.05) is 23.7 Å². The number of aromatic nitrogens is 2. The fourth-order valence-corrected chi connectivity index (χ4v) is 2.45. The van der Waals surface area contributed by atoms with Gasteiger partial charge in [0.15, 0.2) is 0 Å². The first kappa shape index (κ1) is 14.9. The van der Waals surface area contributed by atoms with Crippen LogP contribution >= 0.6 is 11.6 Å². The highest BCUT2D eigenvalue weighted by Crippen LogP contribution is 2.21. The molecule has 0 bridgehead atoms. The molecule has 4 nitrogen and oxygen atoms in total. The van der Waals surface area contributed by atoms with Crippen LogP contribution in [-0.2, 0) is 6.54 Å². The van der Waals surface area contributed by atoms with Crippen LogP contribution in [-0.4, -0.2) is 27.4 Å². The Labute approximate surface area is 133 Å². The number of hydrogen-bond acceptors (Lipinski definition) is 3. The van der Waals surface area contributed by atoms with Gasteiger partial charge >= 0.3 is 0 Å². The Kier molecular flexibility index (Phi) is 4.32. The van der Waals surface area contributed by atoms with Gasteiger partial charge < -0.3 is 14.4 Å². The van der Waals surface area contributed by atoms with E-state index in [1.165, 1.54) is 0 Å². The van der Waals surface area contributed by atoms with Crippen LogP contribution in [0.15, 0.2) is 48.8 Å². The van der Waals surface area contributed by atoms with Crippen molar-refractivity contribution >= 4 is 22.6 Å². The highest BCUT2D eigenvalue weighted by molar-refractivity contribution is 6.31. The maximum atomic E-state index is 10.2. The summed E-state index contributed by atoms with van der Waals surface area (Å²) < 4.78 is 7.55. The molecule has 0 radical (unpaired) electrons. The predicted octanol–water partition coefficient (Wildman–Crippen LogP) is 3.44. The third kappa shape index (κ3) is 3.24. The molecule has 1 N–H and O–H groups in total. The molecule has 22 heavy (non-hydrogen) atoms. The average Bonchev–Trinajstić information content (AvgIpc) is 2.92.